The fraction of sp³-hybridized carbons (Fsp3) is 0.429. The molecule has 1 radical (unpaired) electrons. The van der Waals surface area contributed by atoms with E-state index in [1.807, 2.05) is 19.1 Å². The lowest BCUT2D eigenvalue weighted by atomic mass is 10.0. The van der Waals surface area contributed by atoms with Gasteiger partial charge in [0, 0.05) is 67.3 Å². The van der Waals surface area contributed by atoms with Gasteiger partial charge in [-0.3, -0.25) is 4.98 Å². The lowest BCUT2D eigenvalue weighted by molar-refractivity contribution is -0.0359. The molecular formula is C28H33F3N5. The minimum atomic E-state index is -2.85. The standard InChI is InChI=1S/C28H33F3N5/c1-19-17-26(33-20(2)22-7-6-8-23(27(22)29)28(30)31)24-18-21(9-10-25(24)32-19)34-13-15-36(16-14-34)35-11-4-3-5-12-35/h3,6-10,17-18,20,28H,4-5,11-16H2,1-2H3,(H,32,33)/t20-/m1/s1. The zero-order chi connectivity index (χ0) is 25.2. The van der Waals surface area contributed by atoms with Crippen LogP contribution in [0.25, 0.3) is 10.9 Å². The van der Waals surface area contributed by atoms with Crippen molar-refractivity contribution in [3.63, 3.8) is 0 Å². The fourth-order valence-electron chi connectivity index (χ4n) is 5.30. The first-order chi connectivity index (χ1) is 17.4. The maximum atomic E-state index is 14.8. The third kappa shape index (κ3) is 5.15. The minimum absolute atomic E-state index is 0.220. The van der Waals surface area contributed by atoms with Gasteiger partial charge in [0.1, 0.15) is 5.82 Å². The van der Waals surface area contributed by atoms with Gasteiger partial charge in [0.15, 0.2) is 0 Å². The molecule has 0 bridgehead atoms. The highest BCUT2D eigenvalue weighted by molar-refractivity contribution is 5.94. The number of pyridine rings is 1. The summed E-state index contributed by atoms with van der Waals surface area (Å²) < 4.78 is 41.3. The Labute approximate surface area is 210 Å². The van der Waals surface area contributed by atoms with Gasteiger partial charge >= 0.3 is 0 Å². The van der Waals surface area contributed by atoms with Crippen molar-refractivity contribution in [2.75, 3.05) is 49.5 Å². The second-order valence-electron chi connectivity index (χ2n) is 9.69. The summed E-state index contributed by atoms with van der Waals surface area (Å²) in [6.07, 6.45) is 1.83. The summed E-state index contributed by atoms with van der Waals surface area (Å²) in [6, 6.07) is 11.9. The van der Waals surface area contributed by atoms with Gasteiger partial charge in [-0.15, -0.1) is 0 Å². The van der Waals surface area contributed by atoms with Crippen LogP contribution in [-0.4, -0.2) is 54.3 Å². The smallest absolute Gasteiger partial charge is 0.266 e. The number of nitrogens with one attached hydrogen (secondary N) is 1. The van der Waals surface area contributed by atoms with Crippen LogP contribution in [0.2, 0.25) is 0 Å². The molecular weight excluding hydrogens is 463 g/mol. The molecule has 1 atom stereocenters. The van der Waals surface area contributed by atoms with Crippen molar-refractivity contribution < 1.29 is 13.2 Å². The number of piperidine rings is 1. The monoisotopic (exact) mass is 496 g/mol. The average molecular weight is 497 g/mol. The largest absolute Gasteiger partial charge is 0.378 e. The van der Waals surface area contributed by atoms with Gasteiger partial charge in [0.2, 0.25) is 0 Å². The minimum Gasteiger partial charge on any atom is -0.378 e. The SMILES string of the molecule is Cc1cc(N[C@H](C)c2cccc(C(F)F)c2F)c2cc(N3CCN(N4CC[CH]CC4)CC3)ccc2n1. The van der Waals surface area contributed by atoms with E-state index in [0.29, 0.717) is 0 Å². The van der Waals surface area contributed by atoms with Crippen LogP contribution in [0.1, 0.15) is 49.1 Å². The molecule has 0 unspecified atom stereocenters. The van der Waals surface area contributed by atoms with Crippen molar-refractivity contribution in [3.05, 3.63) is 71.5 Å². The van der Waals surface area contributed by atoms with Crippen LogP contribution < -0.4 is 10.2 Å². The second kappa shape index (κ2) is 10.6. The predicted octanol–water partition coefficient (Wildman–Crippen LogP) is 6.13. The summed E-state index contributed by atoms with van der Waals surface area (Å²) in [4.78, 5) is 7.07. The number of nitrogens with zero attached hydrogens (tertiary/aromatic N) is 4. The van der Waals surface area contributed by atoms with Crippen LogP contribution in [0, 0.1) is 19.2 Å². The van der Waals surface area contributed by atoms with Crippen LogP contribution >= 0.6 is 0 Å². The molecule has 2 saturated heterocycles. The van der Waals surface area contributed by atoms with Crippen molar-refractivity contribution in [1.82, 2.24) is 15.0 Å². The van der Waals surface area contributed by atoms with Gasteiger partial charge in [-0.1, -0.05) is 18.2 Å². The molecule has 1 N–H and O–H groups in total. The molecule has 8 heteroatoms. The molecule has 2 aromatic carbocycles. The number of aromatic nitrogens is 1. The Morgan fingerprint density at radius 1 is 0.889 bits per heavy atom. The van der Waals surface area contributed by atoms with E-state index in [0.717, 1.165) is 86.1 Å². The highest BCUT2D eigenvalue weighted by atomic mass is 19.3. The third-order valence-electron chi connectivity index (χ3n) is 7.26. The van der Waals surface area contributed by atoms with Crippen molar-refractivity contribution in [1.29, 1.82) is 0 Å². The lowest BCUT2D eigenvalue weighted by Gasteiger charge is -2.43. The number of hydrogen-bond acceptors (Lipinski definition) is 5. The van der Waals surface area contributed by atoms with E-state index >= 15 is 0 Å². The summed E-state index contributed by atoms with van der Waals surface area (Å²) in [7, 11) is 0. The number of hydrazine groups is 1. The van der Waals surface area contributed by atoms with Crippen molar-refractivity contribution in [3.8, 4) is 0 Å². The van der Waals surface area contributed by atoms with E-state index in [-0.39, 0.29) is 5.56 Å². The van der Waals surface area contributed by atoms with Crippen LogP contribution in [0.5, 0.6) is 0 Å². The summed E-state index contributed by atoms with van der Waals surface area (Å²) in [5.74, 6) is -0.854. The molecule has 2 aliphatic heterocycles. The first-order valence-electron chi connectivity index (χ1n) is 12.7. The molecule has 0 aliphatic carbocycles. The maximum absolute atomic E-state index is 14.8. The van der Waals surface area contributed by atoms with Gasteiger partial charge < -0.3 is 10.2 Å². The number of rotatable bonds is 6. The number of alkyl halides is 2. The predicted molar refractivity (Wildman–Crippen MR) is 139 cm³/mol. The molecule has 5 nitrogen and oxygen atoms in total. The van der Waals surface area contributed by atoms with E-state index in [2.05, 4.69) is 43.8 Å². The molecule has 0 saturated carbocycles. The summed E-state index contributed by atoms with van der Waals surface area (Å²) in [6.45, 7) is 9.78. The quantitative estimate of drug-likeness (QED) is 0.444. The maximum Gasteiger partial charge on any atom is 0.266 e. The topological polar surface area (TPSA) is 34.6 Å². The second-order valence-corrected chi connectivity index (χ2v) is 9.69. The molecule has 36 heavy (non-hydrogen) atoms. The van der Waals surface area contributed by atoms with Gasteiger partial charge in [0.25, 0.3) is 6.43 Å². The number of halogens is 3. The number of aryl methyl sites for hydroxylation is 1. The molecule has 2 fully saturated rings. The Morgan fingerprint density at radius 2 is 1.58 bits per heavy atom. The normalized spacial score (nSPS) is 18.7. The summed E-state index contributed by atoms with van der Waals surface area (Å²) in [5, 5.41) is 9.26. The Hall–Kier alpha value is -2.84. The van der Waals surface area contributed by atoms with Crippen LogP contribution in [-0.2, 0) is 0 Å². The zero-order valence-corrected chi connectivity index (χ0v) is 20.9. The van der Waals surface area contributed by atoms with Crippen LogP contribution in [0.4, 0.5) is 24.5 Å². The van der Waals surface area contributed by atoms with E-state index < -0.39 is 23.8 Å². The molecule has 0 amide bonds. The average Bonchev–Trinajstić information content (AvgIpc) is 2.89. The van der Waals surface area contributed by atoms with Crippen LogP contribution in [0.3, 0.4) is 0 Å². The van der Waals surface area contributed by atoms with E-state index in [4.69, 9.17) is 0 Å². The first kappa shape index (κ1) is 24.8. The molecule has 0 spiro atoms. The number of fused-ring (bicyclic) bond motifs is 1. The van der Waals surface area contributed by atoms with Crippen LogP contribution in [0.15, 0.2) is 42.5 Å². The van der Waals surface area contributed by atoms with Gasteiger partial charge in [0.05, 0.1) is 17.1 Å². The zero-order valence-electron chi connectivity index (χ0n) is 20.9. The molecule has 5 rings (SSSR count). The molecule has 3 heterocycles. The number of piperazine rings is 1. The third-order valence-corrected chi connectivity index (χ3v) is 7.26. The summed E-state index contributed by atoms with van der Waals surface area (Å²) >= 11 is 0. The highest BCUT2D eigenvalue weighted by Crippen LogP contribution is 2.33. The Balaban J connectivity index is 1.37. The fourth-order valence-corrected chi connectivity index (χ4v) is 5.30. The summed E-state index contributed by atoms with van der Waals surface area (Å²) in [5.41, 5.74) is 3.27. The van der Waals surface area contributed by atoms with Crippen molar-refractivity contribution in [2.24, 2.45) is 0 Å². The van der Waals surface area contributed by atoms with E-state index in [1.165, 1.54) is 6.07 Å². The molecule has 2 aliphatic rings. The first-order valence-corrected chi connectivity index (χ1v) is 12.7. The number of hydrogen-bond donors (Lipinski definition) is 1. The van der Waals surface area contributed by atoms with Gasteiger partial charge in [-0.05, 0) is 57.4 Å². The Kier molecular flexibility index (Phi) is 7.34. The number of benzene rings is 2. The number of anilines is 2. The molecule has 191 valence electrons. The van der Waals surface area contributed by atoms with E-state index in [1.54, 1.807) is 13.0 Å². The van der Waals surface area contributed by atoms with Gasteiger partial charge in [-0.2, -0.15) is 0 Å². The molecule has 1 aromatic heterocycles. The highest BCUT2D eigenvalue weighted by Gasteiger charge is 2.24. The molecule has 3 aromatic rings. The van der Waals surface area contributed by atoms with Crippen molar-refractivity contribution in [2.45, 2.75) is 39.2 Å². The van der Waals surface area contributed by atoms with E-state index in [9.17, 15) is 13.2 Å². The van der Waals surface area contributed by atoms with Crippen molar-refractivity contribution >= 4 is 22.3 Å². The van der Waals surface area contributed by atoms with Gasteiger partial charge in [-0.25, -0.2) is 23.2 Å². The lowest BCUT2D eigenvalue weighted by Crippen LogP contribution is -2.55. The Bertz CT molecular complexity index is 1200. The Morgan fingerprint density at radius 3 is 2.31 bits per heavy atom.